The molecule has 0 saturated carbocycles. The van der Waals surface area contributed by atoms with Gasteiger partial charge in [-0.25, -0.2) is 26.3 Å². The number of rotatable bonds is 5. The van der Waals surface area contributed by atoms with Crippen molar-refractivity contribution in [2.45, 2.75) is 23.5 Å². The van der Waals surface area contributed by atoms with Crippen LogP contribution in [0.5, 0.6) is 0 Å². The maximum Gasteiger partial charge on any atom is 0.419 e. The Hall–Kier alpha value is -2.64. The van der Waals surface area contributed by atoms with Gasteiger partial charge in [0.1, 0.15) is 22.1 Å². The number of carbonyl (C=O) groups is 1. The van der Waals surface area contributed by atoms with Gasteiger partial charge in [-0.2, -0.15) is 13.2 Å². The van der Waals surface area contributed by atoms with E-state index in [2.05, 4.69) is 4.72 Å². The molecule has 1 aliphatic heterocycles. The molecule has 1 fully saturated rings. The molecule has 13 heteroatoms. The van der Waals surface area contributed by atoms with E-state index >= 15 is 0 Å². The second-order valence-electron chi connectivity index (χ2n) is 6.56. The molecule has 1 unspecified atom stereocenters. The van der Waals surface area contributed by atoms with E-state index in [1.54, 1.807) is 0 Å². The predicted molar refractivity (Wildman–Crippen MR) is 95.3 cm³/mol. The third kappa shape index (κ3) is 4.99. The molecular formula is C18H14F6N2O4S. The molecule has 0 aromatic heterocycles. The number of hydrogen-bond donors (Lipinski definition) is 2. The molecule has 1 heterocycles. The fraction of sp³-hybridized carbons (Fsp3) is 0.278. The van der Waals surface area contributed by atoms with Crippen molar-refractivity contribution in [1.29, 1.82) is 0 Å². The van der Waals surface area contributed by atoms with E-state index in [-0.39, 0.29) is 19.3 Å². The van der Waals surface area contributed by atoms with Crippen LogP contribution in [0.3, 0.4) is 0 Å². The standard InChI is InChI=1S/C18H14F6N2O4S/c19-12-2-1-9(7-11(12)18(22,23)24)25-17(27)15-13(20)3-4-14(16(15)21)31(28,29)26-10-5-6-30-8-10/h1-4,7,10,26H,5-6,8H2,(H,25,27). The van der Waals surface area contributed by atoms with Gasteiger partial charge >= 0.3 is 6.18 Å². The number of halogens is 6. The highest BCUT2D eigenvalue weighted by Crippen LogP contribution is 2.33. The first-order chi connectivity index (χ1) is 14.4. The Morgan fingerprint density at radius 3 is 2.35 bits per heavy atom. The summed E-state index contributed by atoms with van der Waals surface area (Å²) in [5, 5.41) is 1.81. The molecule has 0 aliphatic carbocycles. The van der Waals surface area contributed by atoms with Crippen molar-refractivity contribution in [2.75, 3.05) is 18.5 Å². The van der Waals surface area contributed by atoms with Crippen LogP contribution in [0.15, 0.2) is 35.2 Å². The lowest BCUT2D eigenvalue weighted by Crippen LogP contribution is -2.35. The van der Waals surface area contributed by atoms with Gasteiger partial charge in [-0.05, 0) is 36.8 Å². The van der Waals surface area contributed by atoms with Crippen LogP contribution in [0.1, 0.15) is 22.3 Å². The highest BCUT2D eigenvalue weighted by atomic mass is 32.2. The summed E-state index contributed by atoms with van der Waals surface area (Å²) in [7, 11) is -4.50. The number of amides is 1. The summed E-state index contributed by atoms with van der Waals surface area (Å²) in [5.41, 5.74) is -3.64. The average molecular weight is 468 g/mol. The average Bonchev–Trinajstić information content (AvgIpc) is 3.14. The third-order valence-electron chi connectivity index (χ3n) is 4.35. The molecule has 31 heavy (non-hydrogen) atoms. The Morgan fingerprint density at radius 1 is 1.06 bits per heavy atom. The van der Waals surface area contributed by atoms with Crippen molar-refractivity contribution in [3.63, 3.8) is 0 Å². The molecule has 3 rings (SSSR count). The van der Waals surface area contributed by atoms with Gasteiger partial charge in [-0.3, -0.25) is 4.79 Å². The molecule has 0 bridgehead atoms. The molecule has 2 N–H and O–H groups in total. The van der Waals surface area contributed by atoms with Gasteiger partial charge in [0.2, 0.25) is 10.0 Å². The van der Waals surface area contributed by atoms with E-state index in [1.165, 1.54) is 0 Å². The number of hydrogen-bond acceptors (Lipinski definition) is 4. The van der Waals surface area contributed by atoms with Gasteiger partial charge in [-0.15, -0.1) is 0 Å². The lowest BCUT2D eigenvalue weighted by atomic mass is 10.1. The first kappa shape index (κ1) is 23.0. The fourth-order valence-corrected chi connectivity index (χ4v) is 4.21. The highest BCUT2D eigenvalue weighted by Gasteiger charge is 2.35. The van der Waals surface area contributed by atoms with Crippen LogP contribution in [0, 0.1) is 17.5 Å². The molecule has 2 aromatic rings. The number of ether oxygens (including phenoxy) is 1. The number of nitrogens with one attached hydrogen (secondary N) is 2. The van der Waals surface area contributed by atoms with E-state index in [0.29, 0.717) is 24.6 Å². The van der Waals surface area contributed by atoms with E-state index in [1.807, 2.05) is 5.32 Å². The van der Waals surface area contributed by atoms with E-state index < -0.39 is 67.3 Å². The lowest BCUT2D eigenvalue weighted by molar-refractivity contribution is -0.139. The molecule has 1 saturated heterocycles. The van der Waals surface area contributed by atoms with Gasteiger partial charge in [0.05, 0.1) is 12.2 Å². The number of benzene rings is 2. The zero-order valence-corrected chi connectivity index (χ0v) is 16.2. The minimum absolute atomic E-state index is 0.0431. The number of alkyl halides is 3. The molecular weight excluding hydrogens is 454 g/mol. The van der Waals surface area contributed by atoms with Gasteiger partial charge in [0.25, 0.3) is 5.91 Å². The molecule has 1 aliphatic rings. The first-order valence-corrected chi connectivity index (χ1v) is 10.1. The summed E-state index contributed by atoms with van der Waals surface area (Å²) in [6.45, 7) is 0.325. The number of carbonyl (C=O) groups excluding carboxylic acids is 1. The molecule has 168 valence electrons. The zero-order chi connectivity index (χ0) is 23.0. The number of anilines is 1. The molecule has 6 nitrogen and oxygen atoms in total. The van der Waals surface area contributed by atoms with Crippen LogP contribution in [-0.2, 0) is 20.9 Å². The Bertz CT molecular complexity index is 1110. The quantitative estimate of drug-likeness (QED) is 0.659. The predicted octanol–water partition coefficient (Wildman–Crippen LogP) is 3.44. The zero-order valence-electron chi connectivity index (χ0n) is 15.4. The normalized spacial score (nSPS) is 17.0. The van der Waals surface area contributed by atoms with Crippen LogP contribution in [-0.4, -0.2) is 33.6 Å². The Kier molecular flexibility index (Phi) is 6.30. The summed E-state index contributed by atoms with van der Waals surface area (Å²) in [4.78, 5) is 11.3. The van der Waals surface area contributed by atoms with Crippen LogP contribution in [0.4, 0.5) is 32.0 Å². The van der Waals surface area contributed by atoms with Crippen molar-refractivity contribution in [3.05, 3.63) is 58.9 Å². The molecule has 1 amide bonds. The van der Waals surface area contributed by atoms with Gasteiger partial charge in [0.15, 0.2) is 5.82 Å². The Morgan fingerprint density at radius 2 is 1.74 bits per heavy atom. The fourth-order valence-electron chi connectivity index (χ4n) is 2.87. The van der Waals surface area contributed by atoms with Gasteiger partial charge < -0.3 is 10.1 Å². The highest BCUT2D eigenvalue weighted by molar-refractivity contribution is 7.89. The van der Waals surface area contributed by atoms with Crippen molar-refractivity contribution in [3.8, 4) is 0 Å². The largest absolute Gasteiger partial charge is 0.419 e. The van der Waals surface area contributed by atoms with E-state index in [4.69, 9.17) is 4.74 Å². The second kappa shape index (κ2) is 8.48. The Balaban J connectivity index is 1.92. The summed E-state index contributed by atoms with van der Waals surface area (Å²) < 4.78 is 113. The maximum atomic E-state index is 14.8. The lowest BCUT2D eigenvalue weighted by Gasteiger charge is -2.15. The van der Waals surface area contributed by atoms with Gasteiger partial charge in [-0.1, -0.05) is 0 Å². The summed E-state index contributed by atoms with van der Waals surface area (Å²) >= 11 is 0. The van der Waals surface area contributed by atoms with Crippen molar-refractivity contribution in [1.82, 2.24) is 4.72 Å². The Labute approximate surface area is 172 Å². The first-order valence-electron chi connectivity index (χ1n) is 8.66. The van der Waals surface area contributed by atoms with Crippen LogP contribution >= 0.6 is 0 Å². The summed E-state index contributed by atoms with van der Waals surface area (Å²) in [5.74, 6) is -6.35. The minimum Gasteiger partial charge on any atom is -0.380 e. The molecule has 0 radical (unpaired) electrons. The molecule has 2 aromatic carbocycles. The molecule has 0 spiro atoms. The second-order valence-corrected chi connectivity index (χ2v) is 8.25. The van der Waals surface area contributed by atoms with Crippen molar-refractivity contribution < 1.29 is 44.3 Å². The van der Waals surface area contributed by atoms with Crippen molar-refractivity contribution in [2.24, 2.45) is 0 Å². The SMILES string of the molecule is O=C(Nc1ccc(F)c(C(F)(F)F)c1)c1c(F)ccc(S(=O)(=O)NC2CCOC2)c1F. The van der Waals surface area contributed by atoms with Crippen LogP contribution < -0.4 is 10.0 Å². The summed E-state index contributed by atoms with van der Waals surface area (Å²) in [6, 6.07) is 1.90. The maximum absolute atomic E-state index is 14.8. The molecule has 1 atom stereocenters. The number of sulfonamides is 1. The van der Waals surface area contributed by atoms with Crippen LogP contribution in [0.2, 0.25) is 0 Å². The van der Waals surface area contributed by atoms with Crippen LogP contribution in [0.25, 0.3) is 0 Å². The monoisotopic (exact) mass is 468 g/mol. The van der Waals surface area contributed by atoms with Gasteiger partial charge in [0, 0.05) is 18.3 Å². The third-order valence-corrected chi connectivity index (χ3v) is 5.89. The smallest absolute Gasteiger partial charge is 0.380 e. The minimum atomic E-state index is -5.08. The van der Waals surface area contributed by atoms with E-state index in [0.717, 1.165) is 6.07 Å². The van der Waals surface area contributed by atoms with Crippen molar-refractivity contribution >= 4 is 21.6 Å². The summed E-state index contributed by atoms with van der Waals surface area (Å²) in [6.07, 6.45) is -4.76. The topological polar surface area (TPSA) is 84.5 Å². The van der Waals surface area contributed by atoms with E-state index in [9.17, 15) is 39.6 Å².